The van der Waals surface area contributed by atoms with Gasteiger partial charge in [0, 0.05) is 5.56 Å². The summed E-state index contributed by atoms with van der Waals surface area (Å²) in [5, 5.41) is 0. The van der Waals surface area contributed by atoms with E-state index in [9.17, 15) is 9.59 Å². The van der Waals surface area contributed by atoms with Crippen molar-refractivity contribution in [2.24, 2.45) is 0 Å². The van der Waals surface area contributed by atoms with Gasteiger partial charge < -0.3 is 18.9 Å². The molecule has 1 heterocycles. The van der Waals surface area contributed by atoms with E-state index in [2.05, 4.69) is 0 Å². The van der Waals surface area contributed by atoms with Gasteiger partial charge in [-0.05, 0) is 17.7 Å². The van der Waals surface area contributed by atoms with E-state index in [-0.39, 0.29) is 0 Å². The lowest BCUT2D eigenvalue weighted by molar-refractivity contribution is -0.154. The fourth-order valence-corrected chi connectivity index (χ4v) is 3.46. The standard InChI is InChI=1S/C21H20Cl3NO6/c1-28-15-10-8-14(9-11-15)18-25(20(27)30-12-21(22,23)24)16(13-6-4-3-5-7-13)17(31-18)19(26)29-2/h3-11,16-18H,12H2,1-2H3/t16-,17+,18?/m0/s1. The molecule has 2 aromatic carbocycles. The van der Waals surface area contributed by atoms with Gasteiger partial charge in [-0.25, -0.2) is 9.59 Å². The highest BCUT2D eigenvalue weighted by Gasteiger charge is 2.51. The van der Waals surface area contributed by atoms with Crippen LogP contribution in [0.3, 0.4) is 0 Å². The van der Waals surface area contributed by atoms with Crippen LogP contribution in [-0.4, -0.2) is 47.7 Å². The number of alkyl halides is 3. The number of hydrogen-bond acceptors (Lipinski definition) is 6. The molecule has 3 rings (SSSR count). The molecule has 0 spiro atoms. The van der Waals surface area contributed by atoms with Crippen LogP contribution in [0.25, 0.3) is 0 Å². The number of rotatable bonds is 5. The maximum atomic E-state index is 13.1. The van der Waals surface area contributed by atoms with E-state index in [1.165, 1.54) is 12.0 Å². The molecular weight excluding hydrogens is 469 g/mol. The fourth-order valence-electron chi connectivity index (χ4n) is 3.29. The Labute approximate surface area is 194 Å². The minimum Gasteiger partial charge on any atom is -0.497 e. The van der Waals surface area contributed by atoms with Gasteiger partial charge in [-0.3, -0.25) is 4.90 Å². The second-order valence-corrected chi connectivity index (χ2v) is 9.15. The van der Waals surface area contributed by atoms with Crippen molar-refractivity contribution >= 4 is 46.9 Å². The molecule has 1 unspecified atom stereocenters. The van der Waals surface area contributed by atoms with E-state index >= 15 is 0 Å². The summed E-state index contributed by atoms with van der Waals surface area (Å²) in [4.78, 5) is 27.0. The van der Waals surface area contributed by atoms with Gasteiger partial charge in [0.25, 0.3) is 0 Å². The normalized spacial score (nSPS) is 20.9. The molecule has 1 aliphatic heterocycles. The van der Waals surface area contributed by atoms with Crippen LogP contribution in [-0.2, 0) is 19.0 Å². The number of hydrogen-bond donors (Lipinski definition) is 0. The number of benzene rings is 2. The Morgan fingerprint density at radius 3 is 2.19 bits per heavy atom. The molecule has 1 fully saturated rings. The summed E-state index contributed by atoms with van der Waals surface area (Å²) in [6, 6.07) is 15.0. The monoisotopic (exact) mass is 487 g/mol. The molecule has 0 saturated carbocycles. The largest absolute Gasteiger partial charge is 0.497 e. The van der Waals surface area contributed by atoms with Crippen LogP contribution in [0.1, 0.15) is 23.4 Å². The van der Waals surface area contributed by atoms with Crippen molar-refractivity contribution in [2.45, 2.75) is 22.2 Å². The van der Waals surface area contributed by atoms with Gasteiger partial charge in [0.1, 0.15) is 18.4 Å². The van der Waals surface area contributed by atoms with Gasteiger partial charge in [0.05, 0.1) is 14.2 Å². The third-order valence-corrected chi connectivity index (χ3v) is 4.99. The third-order valence-electron chi connectivity index (χ3n) is 4.66. The quantitative estimate of drug-likeness (QED) is 0.444. The van der Waals surface area contributed by atoms with E-state index in [1.807, 2.05) is 6.07 Å². The average Bonchev–Trinajstić information content (AvgIpc) is 3.17. The lowest BCUT2D eigenvalue weighted by Crippen LogP contribution is -2.38. The number of esters is 1. The molecule has 0 N–H and O–H groups in total. The highest BCUT2D eigenvalue weighted by atomic mass is 35.6. The van der Waals surface area contributed by atoms with Crippen molar-refractivity contribution in [1.29, 1.82) is 0 Å². The van der Waals surface area contributed by atoms with E-state index < -0.39 is 40.8 Å². The highest BCUT2D eigenvalue weighted by Crippen LogP contribution is 2.44. The van der Waals surface area contributed by atoms with Gasteiger partial charge in [0.15, 0.2) is 12.3 Å². The first kappa shape index (κ1) is 23.5. The topological polar surface area (TPSA) is 74.3 Å². The first-order chi connectivity index (χ1) is 14.7. The lowest BCUT2D eigenvalue weighted by atomic mass is 10.0. The van der Waals surface area contributed by atoms with Crippen LogP contribution in [0.5, 0.6) is 5.75 Å². The number of carbonyl (C=O) groups excluding carboxylic acids is 2. The first-order valence-corrected chi connectivity index (χ1v) is 10.3. The molecule has 166 valence electrons. The predicted molar refractivity (Wildman–Crippen MR) is 115 cm³/mol. The third kappa shape index (κ3) is 5.54. The smallest absolute Gasteiger partial charge is 0.412 e. The summed E-state index contributed by atoms with van der Waals surface area (Å²) in [5.41, 5.74) is 1.25. The molecule has 7 nitrogen and oxygen atoms in total. The number of halogens is 3. The average molecular weight is 489 g/mol. The molecule has 2 aromatic rings. The van der Waals surface area contributed by atoms with Gasteiger partial charge in [-0.2, -0.15) is 0 Å². The molecule has 3 atom stereocenters. The van der Waals surface area contributed by atoms with E-state index in [1.54, 1.807) is 55.6 Å². The Balaban J connectivity index is 2.04. The second kappa shape index (κ2) is 9.96. The van der Waals surface area contributed by atoms with Crippen LogP contribution < -0.4 is 4.74 Å². The second-order valence-electron chi connectivity index (χ2n) is 6.64. The molecule has 0 aliphatic carbocycles. The summed E-state index contributed by atoms with van der Waals surface area (Å²) < 4.78 is 19.6. The Morgan fingerprint density at radius 1 is 1.00 bits per heavy atom. The SMILES string of the molecule is COC(=O)[C@@H]1OC(c2ccc(OC)cc2)N(C(=O)OCC(Cl)(Cl)Cl)[C@H]1c1ccccc1. The van der Waals surface area contributed by atoms with Crippen molar-refractivity contribution in [3.63, 3.8) is 0 Å². The van der Waals surface area contributed by atoms with Gasteiger partial charge in [-0.15, -0.1) is 0 Å². The van der Waals surface area contributed by atoms with Gasteiger partial charge in [0.2, 0.25) is 3.79 Å². The Hall–Kier alpha value is -2.19. The van der Waals surface area contributed by atoms with Crippen molar-refractivity contribution < 1.29 is 28.5 Å². The summed E-state index contributed by atoms with van der Waals surface area (Å²) in [5.74, 6) is -0.0137. The van der Waals surface area contributed by atoms with Crippen molar-refractivity contribution in [2.75, 3.05) is 20.8 Å². The number of amides is 1. The number of carbonyl (C=O) groups is 2. The minimum atomic E-state index is -1.80. The number of ether oxygens (including phenoxy) is 4. The number of nitrogens with zero attached hydrogens (tertiary/aromatic N) is 1. The molecule has 31 heavy (non-hydrogen) atoms. The van der Waals surface area contributed by atoms with Crippen molar-refractivity contribution in [1.82, 2.24) is 4.90 Å². The fraction of sp³-hybridized carbons (Fsp3) is 0.333. The minimum absolute atomic E-state index is 0.479. The molecule has 0 radical (unpaired) electrons. The Bertz CT molecular complexity index is 904. The molecular formula is C21H20Cl3NO6. The van der Waals surface area contributed by atoms with Crippen molar-refractivity contribution in [3.8, 4) is 5.75 Å². The summed E-state index contributed by atoms with van der Waals surface area (Å²) >= 11 is 17.2. The molecule has 1 aliphatic rings. The van der Waals surface area contributed by atoms with Crippen LogP contribution in [0.15, 0.2) is 54.6 Å². The van der Waals surface area contributed by atoms with E-state index in [0.717, 1.165) is 0 Å². The van der Waals surface area contributed by atoms with E-state index in [4.69, 9.17) is 53.8 Å². The van der Waals surface area contributed by atoms with E-state index in [0.29, 0.717) is 16.9 Å². The van der Waals surface area contributed by atoms with Crippen LogP contribution in [0.2, 0.25) is 0 Å². The molecule has 0 bridgehead atoms. The Kier molecular flexibility index (Phi) is 7.54. The van der Waals surface area contributed by atoms with Crippen LogP contribution in [0.4, 0.5) is 4.79 Å². The maximum Gasteiger partial charge on any atom is 0.412 e. The molecule has 1 amide bonds. The summed E-state index contributed by atoms with van der Waals surface area (Å²) in [6.07, 6.45) is -2.87. The first-order valence-electron chi connectivity index (χ1n) is 9.19. The number of methoxy groups -OCH3 is 2. The zero-order valence-corrected chi connectivity index (χ0v) is 18.9. The van der Waals surface area contributed by atoms with Crippen LogP contribution >= 0.6 is 34.8 Å². The zero-order chi connectivity index (χ0) is 22.6. The van der Waals surface area contributed by atoms with Crippen molar-refractivity contribution in [3.05, 3.63) is 65.7 Å². The summed E-state index contributed by atoms with van der Waals surface area (Å²) in [6.45, 7) is -0.479. The molecule has 10 heteroatoms. The predicted octanol–water partition coefficient (Wildman–Crippen LogP) is 4.82. The van der Waals surface area contributed by atoms with Gasteiger partial charge in [-0.1, -0.05) is 77.3 Å². The molecule has 1 saturated heterocycles. The highest BCUT2D eigenvalue weighted by molar-refractivity contribution is 6.67. The maximum absolute atomic E-state index is 13.1. The lowest BCUT2D eigenvalue weighted by Gasteiger charge is -2.29. The Morgan fingerprint density at radius 2 is 1.65 bits per heavy atom. The van der Waals surface area contributed by atoms with Crippen LogP contribution in [0, 0.1) is 0 Å². The zero-order valence-electron chi connectivity index (χ0n) is 16.7. The van der Waals surface area contributed by atoms with Gasteiger partial charge >= 0.3 is 12.1 Å². The molecule has 0 aromatic heterocycles. The summed E-state index contributed by atoms with van der Waals surface area (Å²) in [7, 11) is 2.79.